The fraction of sp³-hybridized carbons (Fsp3) is 0.0769. The molecule has 0 saturated carbocycles. The minimum atomic E-state index is -0.545. The van der Waals surface area contributed by atoms with E-state index in [1.165, 1.54) is 6.20 Å². The van der Waals surface area contributed by atoms with Crippen molar-refractivity contribution in [3.8, 4) is 0 Å². The van der Waals surface area contributed by atoms with Crippen LogP contribution in [-0.4, -0.2) is 10.9 Å². The van der Waals surface area contributed by atoms with Gasteiger partial charge in [0.15, 0.2) is 0 Å². The third kappa shape index (κ3) is 2.99. The van der Waals surface area contributed by atoms with E-state index in [0.29, 0.717) is 11.6 Å². The van der Waals surface area contributed by atoms with Crippen molar-refractivity contribution in [2.24, 2.45) is 5.73 Å². The van der Waals surface area contributed by atoms with Gasteiger partial charge < -0.3 is 11.1 Å². The second-order valence-electron chi connectivity index (χ2n) is 3.74. The molecule has 0 saturated heterocycles. The van der Waals surface area contributed by atoms with Crippen molar-refractivity contribution in [2.45, 2.75) is 6.54 Å². The summed E-state index contributed by atoms with van der Waals surface area (Å²) in [6, 6.07) is 10.9. The number of rotatable bonds is 4. The predicted octanol–water partition coefficient (Wildman–Crippen LogP) is 2.45. The van der Waals surface area contributed by atoms with Gasteiger partial charge in [-0.1, -0.05) is 29.8 Å². The van der Waals surface area contributed by atoms with E-state index in [9.17, 15) is 4.79 Å². The lowest BCUT2D eigenvalue weighted by Gasteiger charge is -2.08. The summed E-state index contributed by atoms with van der Waals surface area (Å²) >= 11 is 6.05. The number of nitrogens with zero attached hydrogens (tertiary/aromatic N) is 1. The maximum atomic E-state index is 11.0. The number of aromatic nitrogens is 1. The summed E-state index contributed by atoms with van der Waals surface area (Å²) in [6.07, 6.45) is 1.54. The highest BCUT2D eigenvalue weighted by atomic mass is 35.5. The molecule has 0 aliphatic heterocycles. The zero-order chi connectivity index (χ0) is 13.0. The number of hydrogen-bond acceptors (Lipinski definition) is 3. The molecule has 1 amide bonds. The maximum Gasteiger partial charge on any atom is 0.267 e. The Morgan fingerprint density at radius 2 is 2.11 bits per heavy atom. The van der Waals surface area contributed by atoms with Crippen LogP contribution in [0.1, 0.15) is 16.1 Å². The lowest BCUT2D eigenvalue weighted by molar-refractivity contribution is 0.0995. The maximum absolute atomic E-state index is 11.0. The number of nitrogens with two attached hydrogens (primary N) is 1. The SMILES string of the molecule is NC(=O)c1cc(NCc2ccccc2Cl)ccn1. The highest BCUT2D eigenvalue weighted by Gasteiger charge is 2.03. The number of nitrogens with one attached hydrogen (secondary N) is 1. The lowest BCUT2D eigenvalue weighted by atomic mass is 10.2. The quantitative estimate of drug-likeness (QED) is 0.888. The van der Waals surface area contributed by atoms with Crippen molar-refractivity contribution in [3.05, 3.63) is 58.9 Å². The molecule has 1 heterocycles. The number of primary amides is 1. The van der Waals surface area contributed by atoms with Gasteiger partial charge in [0.05, 0.1) is 0 Å². The Hall–Kier alpha value is -2.07. The summed E-state index contributed by atoms with van der Waals surface area (Å²) in [5.74, 6) is -0.545. The molecule has 0 fully saturated rings. The van der Waals surface area contributed by atoms with Crippen molar-refractivity contribution in [3.63, 3.8) is 0 Å². The molecule has 0 radical (unpaired) electrons. The van der Waals surface area contributed by atoms with Gasteiger partial charge in [0.25, 0.3) is 5.91 Å². The first kappa shape index (κ1) is 12.4. The van der Waals surface area contributed by atoms with Crippen LogP contribution in [0.2, 0.25) is 5.02 Å². The van der Waals surface area contributed by atoms with Gasteiger partial charge in [0.2, 0.25) is 0 Å². The average molecular weight is 262 g/mol. The van der Waals surface area contributed by atoms with Crippen molar-refractivity contribution in [1.29, 1.82) is 0 Å². The number of halogens is 1. The Labute approximate surface area is 110 Å². The average Bonchev–Trinajstić information content (AvgIpc) is 2.38. The van der Waals surface area contributed by atoms with Crippen LogP contribution in [-0.2, 0) is 6.54 Å². The minimum absolute atomic E-state index is 0.235. The van der Waals surface area contributed by atoms with E-state index in [1.54, 1.807) is 12.1 Å². The number of carbonyl (C=O) groups is 1. The predicted molar refractivity (Wildman–Crippen MR) is 71.5 cm³/mol. The molecule has 2 aromatic rings. The first-order valence-electron chi connectivity index (χ1n) is 5.40. The van der Waals surface area contributed by atoms with Crippen molar-refractivity contribution < 1.29 is 4.79 Å². The molecule has 1 aromatic carbocycles. The molecule has 2 rings (SSSR count). The number of hydrogen-bond donors (Lipinski definition) is 2. The summed E-state index contributed by atoms with van der Waals surface area (Å²) in [5.41, 5.74) is 7.16. The van der Waals surface area contributed by atoms with Gasteiger partial charge in [-0.15, -0.1) is 0 Å². The minimum Gasteiger partial charge on any atom is -0.381 e. The zero-order valence-electron chi connectivity index (χ0n) is 9.56. The largest absolute Gasteiger partial charge is 0.381 e. The summed E-state index contributed by atoms with van der Waals surface area (Å²) in [4.78, 5) is 14.9. The van der Waals surface area contributed by atoms with Crippen LogP contribution in [0.15, 0.2) is 42.6 Å². The van der Waals surface area contributed by atoms with Crippen LogP contribution < -0.4 is 11.1 Å². The zero-order valence-corrected chi connectivity index (χ0v) is 10.3. The van der Waals surface area contributed by atoms with Crippen LogP contribution in [0.3, 0.4) is 0 Å². The highest BCUT2D eigenvalue weighted by molar-refractivity contribution is 6.31. The second-order valence-corrected chi connectivity index (χ2v) is 4.15. The van der Waals surface area contributed by atoms with E-state index in [4.69, 9.17) is 17.3 Å². The first-order valence-corrected chi connectivity index (χ1v) is 5.78. The number of carbonyl (C=O) groups excluding carboxylic acids is 1. The molecule has 0 atom stereocenters. The standard InChI is InChI=1S/C13H12ClN3O/c14-11-4-2-1-3-9(11)8-17-10-5-6-16-12(7-10)13(15)18/h1-7H,8H2,(H2,15,18)(H,16,17). The fourth-order valence-corrected chi connectivity index (χ4v) is 1.72. The molecule has 92 valence electrons. The number of benzene rings is 1. The summed E-state index contributed by atoms with van der Waals surface area (Å²) in [6.45, 7) is 0.571. The van der Waals surface area contributed by atoms with E-state index < -0.39 is 5.91 Å². The third-order valence-electron chi connectivity index (χ3n) is 2.45. The molecule has 1 aromatic heterocycles. The molecule has 5 heteroatoms. The Balaban J connectivity index is 2.09. The number of amides is 1. The molecule has 0 unspecified atom stereocenters. The molecule has 4 nitrogen and oxygen atoms in total. The van der Waals surface area contributed by atoms with Gasteiger partial charge in [0.1, 0.15) is 5.69 Å². The van der Waals surface area contributed by atoms with Crippen LogP contribution >= 0.6 is 11.6 Å². The van der Waals surface area contributed by atoms with Gasteiger partial charge in [-0.2, -0.15) is 0 Å². The van der Waals surface area contributed by atoms with E-state index in [-0.39, 0.29) is 5.69 Å². The smallest absolute Gasteiger partial charge is 0.267 e. The monoisotopic (exact) mass is 261 g/mol. The Bertz CT molecular complexity index is 572. The van der Waals surface area contributed by atoms with Gasteiger partial charge in [-0.3, -0.25) is 9.78 Å². The van der Waals surface area contributed by atoms with Crippen LogP contribution in [0.4, 0.5) is 5.69 Å². The third-order valence-corrected chi connectivity index (χ3v) is 2.82. The molecule has 18 heavy (non-hydrogen) atoms. The van der Waals surface area contributed by atoms with Crippen LogP contribution in [0.5, 0.6) is 0 Å². The Kier molecular flexibility index (Phi) is 3.79. The van der Waals surface area contributed by atoms with Gasteiger partial charge >= 0.3 is 0 Å². The van der Waals surface area contributed by atoms with E-state index in [0.717, 1.165) is 11.3 Å². The number of pyridine rings is 1. The van der Waals surface area contributed by atoms with E-state index in [2.05, 4.69) is 10.3 Å². The number of anilines is 1. The molecular formula is C13H12ClN3O. The lowest BCUT2D eigenvalue weighted by Crippen LogP contribution is -2.13. The summed E-state index contributed by atoms with van der Waals surface area (Å²) < 4.78 is 0. The van der Waals surface area contributed by atoms with E-state index >= 15 is 0 Å². The van der Waals surface area contributed by atoms with Gasteiger partial charge in [-0.05, 0) is 23.8 Å². The van der Waals surface area contributed by atoms with Crippen molar-refractivity contribution >= 4 is 23.2 Å². The summed E-state index contributed by atoms with van der Waals surface area (Å²) in [7, 11) is 0. The molecule has 0 spiro atoms. The molecule has 0 aliphatic carbocycles. The van der Waals surface area contributed by atoms with Crippen LogP contribution in [0.25, 0.3) is 0 Å². The Morgan fingerprint density at radius 1 is 1.33 bits per heavy atom. The molecular weight excluding hydrogens is 250 g/mol. The van der Waals surface area contributed by atoms with Gasteiger partial charge in [0, 0.05) is 23.5 Å². The van der Waals surface area contributed by atoms with Gasteiger partial charge in [-0.25, -0.2) is 0 Å². The van der Waals surface area contributed by atoms with Crippen molar-refractivity contribution in [2.75, 3.05) is 5.32 Å². The Morgan fingerprint density at radius 3 is 2.83 bits per heavy atom. The molecule has 0 aliphatic rings. The second kappa shape index (κ2) is 5.51. The normalized spacial score (nSPS) is 10.1. The molecule has 0 bridgehead atoms. The first-order chi connectivity index (χ1) is 8.66. The summed E-state index contributed by atoms with van der Waals surface area (Å²) in [5, 5.41) is 3.87. The van der Waals surface area contributed by atoms with Crippen LogP contribution in [0, 0.1) is 0 Å². The molecule has 3 N–H and O–H groups in total. The van der Waals surface area contributed by atoms with Crippen molar-refractivity contribution in [1.82, 2.24) is 4.98 Å². The van der Waals surface area contributed by atoms with E-state index in [1.807, 2.05) is 24.3 Å². The topological polar surface area (TPSA) is 68.0 Å². The highest BCUT2D eigenvalue weighted by Crippen LogP contribution is 2.17. The fourth-order valence-electron chi connectivity index (χ4n) is 1.51.